The molecule has 0 unspecified atom stereocenters. The van der Waals surface area contributed by atoms with Crippen LogP contribution >= 0.6 is 0 Å². The first-order valence-electron chi connectivity index (χ1n) is 9.06. The van der Waals surface area contributed by atoms with Gasteiger partial charge in [-0.15, -0.1) is 0 Å². The first-order chi connectivity index (χ1) is 12.4. The largest absolute Gasteiger partial charge is 0.365 e. The lowest BCUT2D eigenvalue weighted by atomic mass is 9.77. The summed E-state index contributed by atoms with van der Waals surface area (Å²) in [6, 6.07) is 3.83. The van der Waals surface area contributed by atoms with Crippen molar-refractivity contribution in [1.82, 2.24) is 24.8 Å². The van der Waals surface area contributed by atoms with Crippen LogP contribution in [-0.2, 0) is 4.79 Å². The van der Waals surface area contributed by atoms with Gasteiger partial charge < -0.3 is 15.5 Å². The minimum absolute atomic E-state index is 0.00895. The Bertz CT molecular complexity index is 809. The Balaban J connectivity index is 1.28. The molecule has 2 heterocycles. The summed E-state index contributed by atoms with van der Waals surface area (Å²) in [4.78, 5) is 18.7. The number of alkyl halides is 1. The van der Waals surface area contributed by atoms with Gasteiger partial charge >= 0.3 is 0 Å². The van der Waals surface area contributed by atoms with Gasteiger partial charge in [0.15, 0.2) is 5.82 Å². The maximum atomic E-state index is 14.8. The second kappa shape index (κ2) is 6.19. The zero-order chi connectivity index (χ0) is 18.4. The number of aromatic nitrogens is 3. The topological polar surface area (TPSA) is 74.6 Å². The highest BCUT2D eigenvalue weighted by Crippen LogP contribution is 2.46. The molecule has 2 aromatic heterocycles. The van der Waals surface area contributed by atoms with Crippen molar-refractivity contribution in [3.63, 3.8) is 0 Å². The molecule has 0 aliphatic heterocycles. The van der Waals surface area contributed by atoms with Crippen LogP contribution in [0.5, 0.6) is 0 Å². The average Bonchev–Trinajstić information content (AvgIpc) is 3.17. The third-order valence-corrected chi connectivity index (χ3v) is 5.42. The van der Waals surface area contributed by atoms with Crippen molar-refractivity contribution in [1.29, 1.82) is 0 Å². The third kappa shape index (κ3) is 3.25. The van der Waals surface area contributed by atoms with E-state index < -0.39 is 5.67 Å². The molecule has 2 aliphatic rings. The number of rotatable bonds is 7. The monoisotopic (exact) mass is 360 g/mol. The highest BCUT2D eigenvalue weighted by Gasteiger charge is 2.51. The van der Waals surface area contributed by atoms with Gasteiger partial charge in [-0.25, -0.2) is 13.9 Å². The standard InChI is InChI=1S/C18H25FN6O/c1-24(2)11-17(5-6-17)16(26)20-10-18(19)8-13(9-18)23-15-14-4-3-7-25(14)22-12-21-15/h3-4,7,12-13H,5-6,8-11H2,1-2H3,(H,20,26)(H,21,22,23). The predicted octanol–water partition coefficient (Wildman–Crippen LogP) is 1.47. The maximum Gasteiger partial charge on any atom is 0.227 e. The zero-order valence-electron chi connectivity index (χ0n) is 15.2. The molecule has 7 nitrogen and oxygen atoms in total. The second-order valence-electron chi connectivity index (χ2n) is 8.05. The summed E-state index contributed by atoms with van der Waals surface area (Å²) in [7, 11) is 3.92. The van der Waals surface area contributed by atoms with Crippen molar-refractivity contribution in [3.8, 4) is 0 Å². The van der Waals surface area contributed by atoms with E-state index in [4.69, 9.17) is 0 Å². The zero-order valence-corrected chi connectivity index (χ0v) is 15.2. The van der Waals surface area contributed by atoms with Crippen molar-refractivity contribution < 1.29 is 9.18 Å². The summed E-state index contributed by atoms with van der Waals surface area (Å²) in [5, 5.41) is 10.3. The van der Waals surface area contributed by atoms with Crippen LogP contribution in [0.1, 0.15) is 25.7 Å². The van der Waals surface area contributed by atoms with E-state index in [2.05, 4.69) is 20.7 Å². The molecule has 2 N–H and O–H groups in total. The fourth-order valence-electron chi connectivity index (χ4n) is 3.88. The number of amides is 1. The highest BCUT2D eigenvalue weighted by molar-refractivity contribution is 5.85. The molecule has 2 saturated carbocycles. The van der Waals surface area contributed by atoms with E-state index in [9.17, 15) is 9.18 Å². The van der Waals surface area contributed by atoms with E-state index in [0.717, 1.165) is 24.9 Å². The summed E-state index contributed by atoms with van der Waals surface area (Å²) < 4.78 is 16.6. The molecule has 140 valence electrons. The smallest absolute Gasteiger partial charge is 0.227 e. The lowest BCUT2D eigenvalue weighted by molar-refractivity contribution is -0.128. The van der Waals surface area contributed by atoms with Gasteiger partial charge in [-0.05, 0) is 39.1 Å². The number of hydrogen-bond donors (Lipinski definition) is 2. The number of hydrogen-bond acceptors (Lipinski definition) is 5. The van der Waals surface area contributed by atoms with Crippen LogP contribution < -0.4 is 10.6 Å². The van der Waals surface area contributed by atoms with E-state index in [-0.39, 0.29) is 23.9 Å². The molecule has 0 aromatic carbocycles. The normalized spacial score (nSPS) is 26.5. The molecular weight excluding hydrogens is 335 g/mol. The summed E-state index contributed by atoms with van der Waals surface area (Å²) in [5.41, 5.74) is -0.771. The fourth-order valence-corrected chi connectivity index (χ4v) is 3.88. The molecule has 0 bridgehead atoms. The highest BCUT2D eigenvalue weighted by atomic mass is 19.1. The average molecular weight is 360 g/mol. The molecule has 1 amide bonds. The number of nitrogens with zero attached hydrogens (tertiary/aromatic N) is 4. The first-order valence-corrected chi connectivity index (χ1v) is 9.06. The maximum absolute atomic E-state index is 14.8. The van der Waals surface area contributed by atoms with Crippen molar-refractivity contribution >= 4 is 17.2 Å². The molecule has 4 rings (SSSR count). The van der Waals surface area contributed by atoms with Crippen molar-refractivity contribution in [2.45, 2.75) is 37.4 Å². The summed E-state index contributed by atoms with van der Waals surface area (Å²) in [6.07, 6.45) is 5.84. The molecule has 0 saturated heterocycles. The first kappa shape index (κ1) is 17.2. The Hall–Kier alpha value is -2.22. The Morgan fingerprint density at radius 2 is 2.19 bits per heavy atom. The molecule has 0 atom stereocenters. The SMILES string of the molecule is CN(C)CC1(C(=O)NCC2(F)CC(Nc3ncnn4cccc34)C2)CC1. The van der Waals surface area contributed by atoms with Gasteiger partial charge in [0.25, 0.3) is 0 Å². The van der Waals surface area contributed by atoms with Crippen LogP contribution in [0, 0.1) is 5.41 Å². The van der Waals surface area contributed by atoms with Crippen LogP contribution in [0.2, 0.25) is 0 Å². The molecule has 8 heteroatoms. The van der Waals surface area contributed by atoms with Gasteiger partial charge in [0.2, 0.25) is 5.91 Å². The van der Waals surface area contributed by atoms with Gasteiger partial charge in [0.1, 0.15) is 17.5 Å². The van der Waals surface area contributed by atoms with Gasteiger partial charge in [-0.3, -0.25) is 4.79 Å². The van der Waals surface area contributed by atoms with Gasteiger partial charge in [-0.1, -0.05) is 0 Å². The summed E-state index contributed by atoms with van der Waals surface area (Å²) in [5.74, 6) is 0.703. The van der Waals surface area contributed by atoms with Crippen molar-refractivity contribution in [3.05, 3.63) is 24.7 Å². The van der Waals surface area contributed by atoms with E-state index >= 15 is 0 Å². The Morgan fingerprint density at radius 1 is 1.42 bits per heavy atom. The minimum Gasteiger partial charge on any atom is -0.365 e. The molecule has 2 fully saturated rings. The van der Waals surface area contributed by atoms with Crippen molar-refractivity contribution in [2.24, 2.45) is 5.41 Å². The second-order valence-corrected chi connectivity index (χ2v) is 8.05. The molecule has 2 aromatic rings. The molecule has 26 heavy (non-hydrogen) atoms. The number of nitrogens with one attached hydrogen (secondary N) is 2. The van der Waals surface area contributed by atoms with Crippen LogP contribution in [0.3, 0.4) is 0 Å². The lowest BCUT2D eigenvalue weighted by Crippen LogP contribution is -2.55. The number of anilines is 1. The number of carbonyl (C=O) groups is 1. The van der Waals surface area contributed by atoms with Crippen molar-refractivity contribution in [2.75, 3.05) is 32.5 Å². The number of carbonyl (C=O) groups excluding carboxylic acids is 1. The summed E-state index contributed by atoms with van der Waals surface area (Å²) in [6.45, 7) is 0.812. The van der Waals surface area contributed by atoms with Gasteiger partial charge in [0, 0.05) is 31.6 Å². The molecular formula is C18H25FN6O. The summed E-state index contributed by atoms with van der Waals surface area (Å²) >= 11 is 0. The van der Waals surface area contributed by atoms with E-state index in [1.807, 2.05) is 37.3 Å². The van der Waals surface area contributed by atoms with Crippen LogP contribution in [0.4, 0.5) is 10.2 Å². The van der Waals surface area contributed by atoms with Gasteiger partial charge in [0.05, 0.1) is 12.0 Å². The van der Waals surface area contributed by atoms with Crippen LogP contribution in [-0.4, -0.2) is 64.3 Å². The van der Waals surface area contributed by atoms with E-state index in [1.54, 1.807) is 4.52 Å². The number of halogens is 1. The molecule has 2 aliphatic carbocycles. The Labute approximate surface area is 152 Å². The predicted molar refractivity (Wildman–Crippen MR) is 96.7 cm³/mol. The molecule has 0 spiro atoms. The lowest BCUT2D eigenvalue weighted by Gasteiger charge is -2.42. The minimum atomic E-state index is -1.34. The number of fused-ring (bicyclic) bond motifs is 1. The quantitative estimate of drug-likeness (QED) is 0.782. The van der Waals surface area contributed by atoms with E-state index in [0.29, 0.717) is 18.7 Å². The Morgan fingerprint density at radius 3 is 2.88 bits per heavy atom. The van der Waals surface area contributed by atoms with Crippen LogP contribution in [0.25, 0.3) is 5.52 Å². The molecule has 0 radical (unpaired) electrons. The fraction of sp³-hybridized carbons (Fsp3) is 0.611. The van der Waals surface area contributed by atoms with E-state index in [1.165, 1.54) is 6.33 Å². The van der Waals surface area contributed by atoms with Crippen LogP contribution in [0.15, 0.2) is 24.7 Å². The third-order valence-electron chi connectivity index (χ3n) is 5.42. The Kier molecular flexibility index (Phi) is 4.10. The van der Waals surface area contributed by atoms with Gasteiger partial charge in [-0.2, -0.15) is 5.10 Å².